The number of anilines is 3. The number of benzene rings is 2. The molecule has 0 bridgehead atoms. The van der Waals surface area contributed by atoms with Crippen LogP contribution in [0.5, 0.6) is 0 Å². The number of carbonyl (C=O) groups is 2. The summed E-state index contributed by atoms with van der Waals surface area (Å²) < 4.78 is 0. The monoisotopic (exact) mass is 381 g/mol. The molecule has 0 spiro atoms. The maximum Gasteiger partial charge on any atom is 0.226 e. The first kappa shape index (κ1) is 21.5. The molecule has 2 rings (SSSR count). The third-order valence-electron chi connectivity index (χ3n) is 4.63. The summed E-state index contributed by atoms with van der Waals surface area (Å²) in [6.45, 7) is 8.21. The van der Waals surface area contributed by atoms with E-state index in [1.54, 1.807) is 4.90 Å². The molecule has 2 amide bonds. The average molecular weight is 382 g/mol. The molecule has 5 heteroatoms. The molecule has 0 aliphatic heterocycles. The van der Waals surface area contributed by atoms with Crippen LogP contribution in [0, 0.1) is 0 Å². The Morgan fingerprint density at radius 2 is 1.50 bits per heavy atom. The number of hydrogen-bond donors (Lipinski definition) is 1. The summed E-state index contributed by atoms with van der Waals surface area (Å²) in [5, 5.41) is 3.00. The summed E-state index contributed by atoms with van der Waals surface area (Å²) in [5.41, 5.74) is 3.70. The van der Waals surface area contributed by atoms with Gasteiger partial charge in [-0.25, -0.2) is 0 Å². The molecular formula is C23H31N3O2. The van der Waals surface area contributed by atoms with Gasteiger partial charge in [0, 0.05) is 51.0 Å². The van der Waals surface area contributed by atoms with E-state index in [9.17, 15) is 9.59 Å². The molecule has 0 radical (unpaired) electrons. The van der Waals surface area contributed by atoms with Gasteiger partial charge in [-0.15, -0.1) is 0 Å². The summed E-state index contributed by atoms with van der Waals surface area (Å²) in [6.07, 6.45) is 0.230. The molecule has 150 valence electrons. The number of para-hydroxylation sites is 1. The Kier molecular flexibility index (Phi) is 6.84. The fourth-order valence-corrected chi connectivity index (χ4v) is 3.07. The van der Waals surface area contributed by atoms with Crippen LogP contribution in [0.4, 0.5) is 17.1 Å². The quantitative estimate of drug-likeness (QED) is 0.805. The van der Waals surface area contributed by atoms with Crippen molar-refractivity contribution in [1.29, 1.82) is 0 Å². The van der Waals surface area contributed by atoms with Crippen molar-refractivity contribution < 1.29 is 9.59 Å². The fourth-order valence-electron chi connectivity index (χ4n) is 3.07. The van der Waals surface area contributed by atoms with Gasteiger partial charge in [-0.1, -0.05) is 39.0 Å². The summed E-state index contributed by atoms with van der Waals surface area (Å²) in [5.74, 6) is -0.187. The van der Waals surface area contributed by atoms with Crippen molar-refractivity contribution >= 4 is 28.9 Å². The van der Waals surface area contributed by atoms with E-state index in [0.29, 0.717) is 6.54 Å². The van der Waals surface area contributed by atoms with Crippen LogP contribution in [0.25, 0.3) is 0 Å². The van der Waals surface area contributed by atoms with Crippen LogP contribution in [-0.4, -0.2) is 32.5 Å². The van der Waals surface area contributed by atoms with Crippen molar-refractivity contribution in [1.82, 2.24) is 0 Å². The Morgan fingerprint density at radius 3 is 2.04 bits per heavy atom. The number of nitrogens with zero attached hydrogens (tertiary/aromatic N) is 2. The summed E-state index contributed by atoms with van der Waals surface area (Å²) >= 11 is 0. The average Bonchev–Trinajstić information content (AvgIpc) is 2.61. The summed E-state index contributed by atoms with van der Waals surface area (Å²) in [4.78, 5) is 28.3. The number of carbonyl (C=O) groups excluding carboxylic acids is 2. The molecule has 0 aromatic heterocycles. The Hall–Kier alpha value is -2.82. The molecule has 0 heterocycles. The topological polar surface area (TPSA) is 52.7 Å². The molecule has 0 fully saturated rings. The molecule has 28 heavy (non-hydrogen) atoms. The minimum absolute atomic E-state index is 0.0660. The largest absolute Gasteiger partial charge is 0.378 e. The molecule has 5 nitrogen and oxygen atoms in total. The Balaban J connectivity index is 2.06. The van der Waals surface area contributed by atoms with E-state index in [4.69, 9.17) is 0 Å². The molecule has 0 atom stereocenters. The van der Waals surface area contributed by atoms with E-state index in [2.05, 4.69) is 26.1 Å². The van der Waals surface area contributed by atoms with Crippen molar-refractivity contribution in [3.63, 3.8) is 0 Å². The smallest absolute Gasteiger partial charge is 0.226 e. The maximum atomic E-state index is 12.5. The van der Waals surface area contributed by atoms with E-state index in [0.717, 1.165) is 22.6 Å². The molecule has 0 saturated heterocycles. The SMILES string of the molecule is CC(=O)N(CCC(=O)Nc1ccccc1C(C)(C)C)c1ccc(N(C)C)cc1. The van der Waals surface area contributed by atoms with Gasteiger partial charge >= 0.3 is 0 Å². The van der Waals surface area contributed by atoms with Gasteiger partial charge in [0.1, 0.15) is 0 Å². The van der Waals surface area contributed by atoms with E-state index in [1.807, 2.05) is 67.5 Å². The van der Waals surface area contributed by atoms with E-state index in [-0.39, 0.29) is 23.7 Å². The predicted octanol–water partition coefficient (Wildman–Crippen LogP) is 4.43. The molecular weight excluding hydrogens is 350 g/mol. The third-order valence-corrected chi connectivity index (χ3v) is 4.63. The standard InChI is InChI=1S/C23H31N3O2/c1-17(27)26(19-13-11-18(12-14-19)25(5)6)16-15-22(28)24-21-10-8-7-9-20(21)23(2,3)4/h7-14H,15-16H2,1-6H3,(H,24,28). The zero-order valence-corrected chi connectivity index (χ0v) is 17.7. The van der Waals surface area contributed by atoms with Gasteiger partial charge in [0.25, 0.3) is 0 Å². The highest BCUT2D eigenvalue weighted by molar-refractivity contribution is 5.95. The molecule has 0 aliphatic carbocycles. The first-order valence-corrected chi connectivity index (χ1v) is 9.54. The first-order valence-electron chi connectivity index (χ1n) is 9.54. The van der Waals surface area contributed by atoms with Gasteiger partial charge in [0.15, 0.2) is 0 Å². The van der Waals surface area contributed by atoms with Crippen LogP contribution in [0.3, 0.4) is 0 Å². The Morgan fingerprint density at radius 1 is 0.929 bits per heavy atom. The van der Waals surface area contributed by atoms with Gasteiger partial charge in [-0.05, 0) is 41.3 Å². The van der Waals surface area contributed by atoms with Crippen molar-refractivity contribution in [3.8, 4) is 0 Å². The van der Waals surface area contributed by atoms with Crippen molar-refractivity contribution in [3.05, 3.63) is 54.1 Å². The van der Waals surface area contributed by atoms with Gasteiger partial charge in [0.05, 0.1) is 0 Å². The Labute approximate surface area is 168 Å². The third kappa shape index (κ3) is 5.59. The molecule has 0 unspecified atom stereocenters. The van der Waals surface area contributed by atoms with Crippen molar-refractivity contribution in [2.24, 2.45) is 0 Å². The van der Waals surface area contributed by atoms with Gasteiger partial charge < -0.3 is 15.1 Å². The molecule has 0 aliphatic rings. The summed E-state index contributed by atoms with van der Waals surface area (Å²) in [7, 11) is 3.94. The fraction of sp³-hybridized carbons (Fsp3) is 0.391. The first-order chi connectivity index (χ1) is 13.1. The number of nitrogens with one attached hydrogen (secondary N) is 1. The van der Waals surface area contributed by atoms with Crippen LogP contribution in [0.1, 0.15) is 39.7 Å². The van der Waals surface area contributed by atoms with Gasteiger partial charge in [-0.3, -0.25) is 9.59 Å². The number of hydrogen-bond acceptors (Lipinski definition) is 3. The molecule has 2 aromatic carbocycles. The van der Waals surface area contributed by atoms with Crippen molar-refractivity contribution in [2.45, 2.75) is 39.5 Å². The lowest BCUT2D eigenvalue weighted by Crippen LogP contribution is -2.32. The van der Waals surface area contributed by atoms with Gasteiger partial charge in [-0.2, -0.15) is 0 Å². The number of amides is 2. The second-order valence-corrected chi connectivity index (χ2v) is 8.18. The summed E-state index contributed by atoms with van der Waals surface area (Å²) in [6, 6.07) is 15.6. The molecule has 2 aromatic rings. The van der Waals surface area contributed by atoms with Gasteiger partial charge in [0.2, 0.25) is 11.8 Å². The lowest BCUT2D eigenvalue weighted by molar-refractivity contribution is -0.117. The Bertz CT molecular complexity index is 820. The van der Waals surface area contributed by atoms with E-state index in [1.165, 1.54) is 6.92 Å². The molecule has 0 saturated carbocycles. The van der Waals surface area contributed by atoms with Crippen LogP contribution in [0.2, 0.25) is 0 Å². The van der Waals surface area contributed by atoms with Crippen LogP contribution in [0.15, 0.2) is 48.5 Å². The number of rotatable bonds is 6. The van der Waals surface area contributed by atoms with Crippen molar-refractivity contribution in [2.75, 3.05) is 35.8 Å². The minimum atomic E-state index is -0.104. The zero-order valence-electron chi connectivity index (χ0n) is 17.7. The highest BCUT2D eigenvalue weighted by Crippen LogP contribution is 2.29. The van der Waals surface area contributed by atoms with E-state index < -0.39 is 0 Å². The normalized spacial score (nSPS) is 11.1. The highest BCUT2D eigenvalue weighted by Gasteiger charge is 2.19. The van der Waals surface area contributed by atoms with E-state index >= 15 is 0 Å². The molecule has 1 N–H and O–H groups in total. The van der Waals surface area contributed by atoms with Crippen LogP contribution in [-0.2, 0) is 15.0 Å². The predicted molar refractivity (Wildman–Crippen MR) is 117 cm³/mol. The second kappa shape index (κ2) is 8.91. The van der Waals surface area contributed by atoms with Crippen LogP contribution >= 0.6 is 0 Å². The zero-order chi connectivity index (χ0) is 20.9. The highest BCUT2D eigenvalue weighted by atomic mass is 16.2. The maximum absolute atomic E-state index is 12.5. The second-order valence-electron chi connectivity index (χ2n) is 8.18. The lowest BCUT2D eigenvalue weighted by atomic mass is 9.86. The minimum Gasteiger partial charge on any atom is -0.378 e. The lowest BCUT2D eigenvalue weighted by Gasteiger charge is -2.24. The van der Waals surface area contributed by atoms with Crippen LogP contribution < -0.4 is 15.1 Å².